The van der Waals surface area contributed by atoms with Gasteiger partial charge in [0.1, 0.15) is 16.9 Å². The van der Waals surface area contributed by atoms with Gasteiger partial charge in [-0.05, 0) is 26.3 Å². The molecule has 86 valence electrons. The van der Waals surface area contributed by atoms with Crippen LogP contribution in [-0.2, 0) is 0 Å². The van der Waals surface area contributed by atoms with Gasteiger partial charge in [0, 0.05) is 11.7 Å². The van der Waals surface area contributed by atoms with E-state index in [1.54, 1.807) is 12.3 Å². The van der Waals surface area contributed by atoms with Crippen molar-refractivity contribution in [1.82, 2.24) is 4.98 Å². The number of hydrogen-bond acceptors (Lipinski definition) is 3. The summed E-state index contributed by atoms with van der Waals surface area (Å²) in [6.45, 7) is 6.31. The summed E-state index contributed by atoms with van der Waals surface area (Å²) >= 11 is 6.07. The van der Waals surface area contributed by atoms with Crippen molar-refractivity contribution in [3.05, 3.63) is 22.8 Å². The molecule has 1 aromatic heterocycles. The largest absolute Gasteiger partial charge is 0.364 e. The third kappa shape index (κ3) is 3.11. The molecule has 0 aliphatic rings. The van der Waals surface area contributed by atoms with Gasteiger partial charge in [-0.25, -0.2) is 4.98 Å². The van der Waals surface area contributed by atoms with Gasteiger partial charge in [0.15, 0.2) is 0 Å². The Balaban J connectivity index is 2.94. The Morgan fingerprint density at radius 1 is 1.56 bits per heavy atom. The Kier molecular flexibility index (Phi) is 4.14. The molecule has 0 spiro atoms. The Hall–Kier alpha value is -1.27. The predicted molar refractivity (Wildman–Crippen MR) is 66.6 cm³/mol. The van der Waals surface area contributed by atoms with Crippen LogP contribution in [0.4, 0.5) is 5.82 Å². The van der Waals surface area contributed by atoms with Gasteiger partial charge in [0.2, 0.25) is 0 Å². The normalized spacial score (nSPS) is 10.9. The molecule has 1 heterocycles. The van der Waals surface area contributed by atoms with Crippen LogP contribution in [0.2, 0.25) is 5.02 Å². The van der Waals surface area contributed by atoms with E-state index < -0.39 is 0 Å². The van der Waals surface area contributed by atoms with Crippen molar-refractivity contribution in [1.29, 1.82) is 5.26 Å². The molecule has 1 rings (SSSR count). The Bertz CT molecular complexity index is 407. The number of nitriles is 1. The smallest absolute Gasteiger partial charge is 0.146 e. The molecule has 16 heavy (non-hydrogen) atoms. The molecule has 3 nitrogen and oxygen atoms in total. The van der Waals surface area contributed by atoms with Crippen molar-refractivity contribution in [2.24, 2.45) is 0 Å². The molecule has 1 N–H and O–H groups in total. The van der Waals surface area contributed by atoms with Gasteiger partial charge in [-0.3, -0.25) is 0 Å². The molecular weight excluding hydrogens is 222 g/mol. The van der Waals surface area contributed by atoms with E-state index in [4.69, 9.17) is 16.9 Å². The van der Waals surface area contributed by atoms with Crippen molar-refractivity contribution in [3.63, 3.8) is 0 Å². The first-order valence-corrected chi connectivity index (χ1v) is 5.71. The van der Waals surface area contributed by atoms with E-state index in [1.165, 1.54) is 0 Å². The van der Waals surface area contributed by atoms with Crippen LogP contribution < -0.4 is 5.32 Å². The quantitative estimate of drug-likeness (QED) is 0.871. The number of hydrogen-bond donors (Lipinski definition) is 1. The van der Waals surface area contributed by atoms with Crippen LogP contribution in [0.5, 0.6) is 0 Å². The minimum absolute atomic E-state index is 0.0700. The molecule has 0 bridgehead atoms. The fourth-order valence-electron chi connectivity index (χ4n) is 1.63. The molecule has 4 heteroatoms. The molecule has 0 atom stereocenters. The number of halogens is 1. The van der Waals surface area contributed by atoms with Crippen LogP contribution in [-0.4, -0.2) is 10.5 Å². The molecular formula is C12H16ClN3. The van der Waals surface area contributed by atoms with Crippen LogP contribution in [0.15, 0.2) is 12.3 Å². The summed E-state index contributed by atoms with van der Waals surface area (Å²) in [7, 11) is 0. The van der Waals surface area contributed by atoms with Crippen molar-refractivity contribution in [3.8, 4) is 6.07 Å². The molecule has 0 radical (unpaired) electrons. The third-order valence-corrected chi connectivity index (χ3v) is 2.72. The van der Waals surface area contributed by atoms with Crippen molar-refractivity contribution >= 4 is 17.4 Å². The molecule has 0 amide bonds. The average molecular weight is 238 g/mol. The second-order valence-electron chi connectivity index (χ2n) is 4.39. The van der Waals surface area contributed by atoms with Crippen LogP contribution in [0.1, 0.15) is 39.2 Å². The first-order valence-electron chi connectivity index (χ1n) is 5.33. The van der Waals surface area contributed by atoms with E-state index in [0.717, 1.165) is 12.8 Å². The molecule has 0 aromatic carbocycles. The Morgan fingerprint density at radius 2 is 2.25 bits per heavy atom. The summed E-state index contributed by atoms with van der Waals surface area (Å²) in [6.07, 6.45) is 3.69. The zero-order valence-corrected chi connectivity index (χ0v) is 10.6. The summed E-state index contributed by atoms with van der Waals surface area (Å²) in [5.41, 5.74) is 0.380. The zero-order valence-electron chi connectivity index (χ0n) is 9.84. The summed E-state index contributed by atoms with van der Waals surface area (Å²) in [6, 6.07) is 3.65. The molecule has 0 fully saturated rings. The molecule has 0 unspecified atom stereocenters. The highest BCUT2D eigenvalue weighted by Crippen LogP contribution is 2.26. The van der Waals surface area contributed by atoms with Gasteiger partial charge in [-0.1, -0.05) is 24.9 Å². The highest BCUT2D eigenvalue weighted by atomic mass is 35.5. The van der Waals surface area contributed by atoms with Gasteiger partial charge in [-0.2, -0.15) is 5.26 Å². The van der Waals surface area contributed by atoms with E-state index in [-0.39, 0.29) is 5.54 Å². The second kappa shape index (κ2) is 5.18. The van der Waals surface area contributed by atoms with Gasteiger partial charge in [0.05, 0.1) is 5.56 Å². The summed E-state index contributed by atoms with van der Waals surface area (Å²) in [5.74, 6) is 0.583. The summed E-state index contributed by atoms with van der Waals surface area (Å²) in [4.78, 5) is 4.16. The van der Waals surface area contributed by atoms with Crippen LogP contribution in [0.3, 0.4) is 0 Å². The maximum Gasteiger partial charge on any atom is 0.146 e. The molecule has 1 aromatic rings. The minimum Gasteiger partial charge on any atom is -0.364 e. The fraction of sp³-hybridized carbons (Fsp3) is 0.500. The molecule has 0 saturated carbocycles. The van der Waals surface area contributed by atoms with E-state index in [0.29, 0.717) is 16.4 Å². The molecule has 0 aliphatic heterocycles. The lowest BCUT2D eigenvalue weighted by Crippen LogP contribution is -2.31. The van der Waals surface area contributed by atoms with Gasteiger partial charge in [0.25, 0.3) is 0 Å². The number of aromatic nitrogens is 1. The first-order chi connectivity index (χ1) is 7.50. The summed E-state index contributed by atoms with van der Waals surface area (Å²) in [5, 5.41) is 12.5. The Morgan fingerprint density at radius 3 is 2.81 bits per heavy atom. The lowest BCUT2D eigenvalue weighted by atomic mass is 9.99. The van der Waals surface area contributed by atoms with Crippen molar-refractivity contribution < 1.29 is 0 Å². The van der Waals surface area contributed by atoms with Gasteiger partial charge < -0.3 is 5.32 Å². The van der Waals surface area contributed by atoms with Crippen molar-refractivity contribution in [2.75, 3.05) is 5.32 Å². The lowest BCUT2D eigenvalue weighted by Gasteiger charge is -2.26. The monoisotopic (exact) mass is 237 g/mol. The Labute approximate surface area is 101 Å². The van der Waals surface area contributed by atoms with Crippen LogP contribution in [0.25, 0.3) is 0 Å². The number of rotatable bonds is 4. The van der Waals surface area contributed by atoms with Gasteiger partial charge >= 0.3 is 0 Å². The van der Waals surface area contributed by atoms with E-state index in [1.807, 2.05) is 6.07 Å². The van der Waals surface area contributed by atoms with E-state index in [2.05, 4.69) is 31.1 Å². The highest BCUT2D eigenvalue weighted by Gasteiger charge is 2.19. The third-order valence-electron chi connectivity index (χ3n) is 2.34. The van der Waals surface area contributed by atoms with Crippen LogP contribution >= 0.6 is 11.6 Å². The number of anilines is 1. The van der Waals surface area contributed by atoms with Crippen LogP contribution in [0, 0.1) is 11.3 Å². The topological polar surface area (TPSA) is 48.7 Å². The van der Waals surface area contributed by atoms with Crippen molar-refractivity contribution in [2.45, 2.75) is 39.2 Å². The molecule has 0 aliphatic carbocycles. The maximum absolute atomic E-state index is 8.85. The maximum atomic E-state index is 8.85. The lowest BCUT2D eigenvalue weighted by molar-refractivity contribution is 0.509. The first kappa shape index (κ1) is 12.8. The number of nitrogens with zero attached hydrogens (tertiary/aromatic N) is 2. The second-order valence-corrected chi connectivity index (χ2v) is 4.77. The van der Waals surface area contributed by atoms with Gasteiger partial charge in [-0.15, -0.1) is 0 Å². The standard InChI is InChI=1S/C12H16ClN3/c1-4-6-12(2,3)16-11-10(13)9(8-14)5-7-15-11/h5,7H,4,6H2,1-3H3,(H,15,16). The predicted octanol–water partition coefficient (Wildman–Crippen LogP) is 3.60. The SMILES string of the molecule is CCCC(C)(C)Nc1nccc(C#N)c1Cl. The number of nitrogens with one attached hydrogen (secondary N) is 1. The minimum atomic E-state index is -0.0700. The summed E-state index contributed by atoms with van der Waals surface area (Å²) < 4.78 is 0. The highest BCUT2D eigenvalue weighted by molar-refractivity contribution is 6.34. The zero-order chi connectivity index (χ0) is 12.2. The fourth-order valence-corrected chi connectivity index (χ4v) is 1.83. The van der Waals surface area contributed by atoms with E-state index >= 15 is 0 Å². The number of pyridine rings is 1. The average Bonchev–Trinajstić information content (AvgIpc) is 2.21. The van der Waals surface area contributed by atoms with E-state index in [9.17, 15) is 0 Å². The molecule has 0 saturated heterocycles.